The minimum atomic E-state index is -3.64. The van der Waals surface area contributed by atoms with Gasteiger partial charge in [0.15, 0.2) is 5.78 Å². The number of thiophene rings is 1. The van der Waals surface area contributed by atoms with E-state index in [4.69, 9.17) is 9.47 Å². The normalized spacial score (nSPS) is 13.6. The van der Waals surface area contributed by atoms with Crippen molar-refractivity contribution in [3.8, 4) is 5.75 Å². The summed E-state index contributed by atoms with van der Waals surface area (Å²) in [6.07, 6.45) is -0.223. The van der Waals surface area contributed by atoms with Crippen LogP contribution in [0.25, 0.3) is 10.2 Å². The van der Waals surface area contributed by atoms with Gasteiger partial charge in [-0.2, -0.15) is 0 Å². The number of para-hydroxylation sites is 1. The van der Waals surface area contributed by atoms with Gasteiger partial charge in [0.25, 0.3) is 22.2 Å². The third-order valence-electron chi connectivity index (χ3n) is 14.0. The van der Waals surface area contributed by atoms with Gasteiger partial charge in [0.2, 0.25) is 0 Å². The van der Waals surface area contributed by atoms with E-state index in [0.717, 1.165) is 25.3 Å². The zero-order valence-corrected chi connectivity index (χ0v) is 44.9. The molecule has 0 unspecified atom stereocenters. The molecule has 0 aliphatic rings. The van der Waals surface area contributed by atoms with Gasteiger partial charge in [-0.3, -0.25) is 14.2 Å². The summed E-state index contributed by atoms with van der Waals surface area (Å²) in [4.78, 5) is 71.6. The van der Waals surface area contributed by atoms with Crippen LogP contribution in [0, 0.1) is 12.8 Å². The van der Waals surface area contributed by atoms with Gasteiger partial charge in [0.05, 0.1) is 29.4 Å². The minimum Gasteiger partial charge on any atom is -0.496 e. The van der Waals surface area contributed by atoms with E-state index in [1.807, 2.05) is 166 Å². The monoisotopic (exact) mass is 1030 g/mol. The Morgan fingerprint density at radius 2 is 1.15 bits per heavy atom. The molecule has 0 amide bonds. The van der Waals surface area contributed by atoms with Crippen LogP contribution in [-0.4, -0.2) is 54.9 Å². The molecular formula is C55H63BrN2O7SSi2. The maximum absolute atomic E-state index is 15.3. The summed E-state index contributed by atoms with van der Waals surface area (Å²) in [5, 5.41) is 2.20. The Morgan fingerprint density at radius 3 is 1.62 bits per heavy atom. The first-order valence-corrected chi connectivity index (χ1v) is 28.6. The molecule has 7 aromatic rings. The average molecular weight is 1030 g/mol. The van der Waals surface area contributed by atoms with Gasteiger partial charge in [0, 0.05) is 12.0 Å². The summed E-state index contributed by atoms with van der Waals surface area (Å²) in [5.41, 5.74) is -1.46. The van der Waals surface area contributed by atoms with E-state index >= 15 is 9.59 Å². The van der Waals surface area contributed by atoms with Crippen LogP contribution < -0.4 is 36.7 Å². The molecule has 13 heteroatoms. The third kappa shape index (κ3) is 9.38. The number of fused-ring (bicyclic) bond motifs is 1. The maximum atomic E-state index is 15.3. The summed E-state index contributed by atoms with van der Waals surface area (Å²) in [6, 6.07) is 46.4. The second kappa shape index (κ2) is 20.2. The molecule has 0 aliphatic carbocycles. The fraction of sp³-hybridized carbons (Fsp3) is 0.327. The summed E-state index contributed by atoms with van der Waals surface area (Å²) in [7, 11) is -5.37. The molecule has 0 spiro atoms. The molecule has 68 heavy (non-hydrogen) atoms. The number of hydrogen-bond acceptors (Lipinski definition) is 8. The van der Waals surface area contributed by atoms with E-state index < -0.39 is 49.6 Å². The largest absolute Gasteiger partial charge is 0.496 e. The molecule has 0 bridgehead atoms. The zero-order chi connectivity index (χ0) is 49.2. The van der Waals surface area contributed by atoms with E-state index in [-0.39, 0.29) is 31.3 Å². The number of Topliss-reactive ketones (excluding diaryl/α,β-unsaturated/α-hetero) is 1. The molecule has 0 aliphatic heterocycles. The first-order valence-electron chi connectivity index (χ1n) is 23.1. The molecule has 0 saturated carbocycles. The van der Waals surface area contributed by atoms with E-state index in [9.17, 15) is 14.4 Å². The number of methoxy groups -OCH3 is 1. The standard InChI is InChI=1S/C55H63BrN2O7SSi2/c1-38(34-53(3,4)67(62,40-24-14-10-15-25-40)41-26-16-11-17-27-41)37-65-46(44-32-22-23-33-45(44)64-9)36-57-51-48(39(2)49(56)66-51)50(60)58(52(57)61)55(7,8)47(59)35-54(5,6)68(63,42-28-18-12-19-29-42)43-30-20-13-21-31-43/h10-33,38,46,62-63H,34-37H2,1-9H3/t38-,46-/m0/s1. The Balaban J connectivity index is 1.27. The van der Waals surface area contributed by atoms with Crippen LogP contribution in [-0.2, 0) is 21.6 Å². The number of hydrogen-bond donors (Lipinski definition) is 2. The summed E-state index contributed by atoms with van der Waals surface area (Å²) >= 11 is 4.96. The highest BCUT2D eigenvalue weighted by Gasteiger charge is 2.53. The fourth-order valence-electron chi connectivity index (χ4n) is 10.2. The van der Waals surface area contributed by atoms with Gasteiger partial charge in [-0.05, 0) is 91.5 Å². The lowest BCUT2D eigenvalue weighted by atomic mass is 9.91. The minimum absolute atomic E-state index is 0.00431. The quantitative estimate of drug-likeness (QED) is 0.0778. The Morgan fingerprint density at radius 1 is 0.706 bits per heavy atom. The van der Waals surface area contributed by atoms with E-state index in [0.29, 0.717) is 37.3 Å². The van der Waals surface area contributed by atoms with E-state index in [1.165, 1.54) is 11.3 Å². The molecule has 0 saturated heterocycles. The Labute approximate surface area is 414 Å². The van der Waals surface area contributed by atoms with Crippen molar-refractivity contribution in [2.24, 2.45) is 5.92 Å². The number of ether oxygens (including phenoxy) is 2. The van der Waals surface area contributed by atoms with Crippen LogP contribution >= 0.6 is 27.3 Å². The van der Waals surface area contributed by atoms with Crippen LogP contribution in [0.2, 0.25) is 10.1 Å². The molecule has 2 heterocycles. The predicted octanol–water partition coefficient (Wildman–Crippen LogP) is 8.85. The highest BCUT2D eigenvalue weighted by Crippen LogP contribution is 2.43. The summed E-state index contributed by atoms with van der Waals surface area (Å²) in [6.45, 7) is 15.6. The molecule has 7 rings (SSSR count). The van der Waals surface area contributed by atoms with Gasteiger partial charge >= 0.3 is 5.69 Å². The first kappa shape index (κ1) is 50.9. The smallest absolute Gasteiger partial charge is 0.333 e. The van der Waals surface area contributed by atoms with Crippen LogP contribution in [0.5, 0.6) is 5.75 Å². The SMILES string of the molecule is COc1ccccc1[C@H](Cn1c(=O)n(C(C)(C)C(=O)CC(C)(C)[Si](O)(c2ccccc2)c2ccccc2)c(=O)c2c(C)c(Br)sc21)OC[C@@H](C)CC(C)(C)[Si](O)(c1ccccc1)c1ccccc1. The molecule has 2 aromatic heterocycles. The Kier molecular flexibility index (Phi) is 15.1. The van der Waals surface area contributed by atoms with Crippen molar-refractivity contribution >= 4 is 80.6 Å². The second-order valence-corrected chi connectivity index (χ2v) is 30.1. The van der Waals surface area contributed by atoms with Crippen LogP contribution in [0.3, 0.4) is 0 Å². The van der Waals surface area contributed by atoms with Crippen molar-refractivity contribution in [3.63, 3.8) is 0 Å². The Bertz CT molecular complexity index is 2910. The second-order valence-electron chi connectivity index (χ2n) is 19.9. The number of carbonyl (C=O) groups excluding carboxylic acids is 1. The van der Waals surface area contributed by atoms with Crippen molar-refractivity contribution in [1.29, 1.82) is 0 Å². The van der Waals surface area contributed by atoms with Gasteiger partial charge < -0.3 is 19.1 Å². The number of nitrogens with zero attached hydrogens (tertiary/aromatic N) is 2. The summed E-state index contributed by atoms with van der Waals surface area (Å²) < 4.78 is 16.2. The van der Waals surface area contributed by atoms with Crippen LogP contribution in [0.15, 0.2) is 159 Å². The van der Waals surface area contributed by atoms with Crippen molar-refractivity contribution < 1.29 is 23.9 Å². The highest BCUT2D eigenvalue weighted by atomic mass is 79.9. The maximum Gasteiger partial charge on any atom is 0.333 e. The van der Waals surface area contributed by atoms with Crippen molar-refractivity contribution in [1.82, 2.24) is 9.13 Å². The molecule has 5 aromatic carbocycles. The van der Waals surface area contributed by atoms with Crippen molar-refractivity contribution in [2.45, 2.75) is 96.5 Å². The number of rotatable bonds is 19. The first-order chi connectivity index (χ1) is 32.2. The third-order valence-corrected chi connectivity index (χ3v) is 25.2. The van der Waals surface area contributed by atoms with E-state index in [1.54, 1.807) is 25.5 Å². The number of aryl methyl sites for hydroxylation is 1. The lowest BCUT2D eigenvalue weighted by Gasteiger charge is -2.42. The molecule has 356 valence electrons. The van der Waals surface area contributed by atoms with Crippen LogP contribution in [0.4, 0.5) is 0 Å². The molecule has 0 radical (unpaired) electrons. The number of ketones is 1. The highest BCUT2D eigenvalue weighted by molar-refractivity contribution is 9.11. The molecular weight excluding hydrogens is 969 g/mol. The summed E-state index contributed by atoms with van der Waals surface area (Å²) in [5.74, 6) is 0.167. The van der Waals surface area contributed by atoms with E-state index in [2.05, 4.69) is 36.7 Å². The fourth-order valence-corrected chi connectivity index (χ4v) is 19.4. The lowest BCUT2D eigenvalue weighted by molar-refractivity contribution is -0.127. The molecule has 2 N–H and O–H groups in total. The molecule has 2 atom stereocenters. The molecule has 0 fully saturated rings. The van der Waals surface area contributed by atoms with Gasteiger partial charge in [-0.1, -0.05) is 174 Å². The number of benzene rings is 5. The van der Waals surface area contributed by atoms with Gasteiger partial charge in [0.1, 0.15) is 22.2 Å². The molecule has 9 nitrogen and oxygen atoms in total. The van der Waals surface area contributed by atoms with Crippen molar-refractivity contribution in [3.05, 3.63) is 181 Å². The zero-order valence-electron chi connectivity index (χ0n) is 40.5. The number of halogens is 1. The number of aromatic nitrogens is 2. The lowest BCUT2D eigenvalue weighted by Crippen LogP contribution is -2.66. The predicted molar refractivity (Wildman–Crippen MR) is 286 cm³/mol. The average Bonchev–Trinajstić information content (AvgIpc) is 3.64. The van der Waals surface area contributed by atoms with Gasteiger partial charge in [-0.15, -0.1) is 11.3 Å². The van der Waals surface area contributed by atoms with Crippen LogP contribution in [0.1, 0.15) is 78.5 Å². The van der Waals surface area contributed by atoms with Crippen molar-refractivity contribution in [2.75, 3.05) is 13.7 Å². The Hall–Kier alpha value is -5.00. The number of carbonyl (C=O) groups is 1. The topological polar surface area (TPSA) is 120 Å². The van der Waals surface area contributed by atoms with Gasteiger partial charge in [-0.25, -0.2) is 9.36 Å².